The van der Waals surface area contributed by atoms with Crippen LogP contribution in [0.4, 0.5) is 0 Å². The second-order valence-electron chi connectivity index (χ2n) is 14.0. The summed E-state index contributed by atoms with van der Waals surface area (Å²) in [6.07, 6.45) is 9.42. The van der Waals surface area contributed by atoms with E-state index in [0.29, 0.717) is 28.9 Å². The smallest absolute Gasteiger partial charge is 0.302 e. The molecule has 0 aromatic heterocycles. The predicted molar refractivity (Wildman–Crippen MR) is 152 cm³/mol. The first-order valence-electron chi connectivity index (χ1n) is 15.1. The molecule has 0 saturated heterocycles. The molecular formula is C33H50N2O3. The van der Waals surface area contributed by atoms with Gasteiger partial charge in [-0.3, -0.25) is 9.59 Å². The van der Waals surface area contributed by atoms with Gasteiger partial charge in [-0.25, -0.2) is 0 Å². The number of hydrogen-bond donors (Lipinski definition) is 0. The predicted octanol–water partition coefficient (Wildman–Crippen LogP) is 6.28. The van der Waals surface area contributed by atoms with E-state index in [9.17, 15) is 9.59 Å². The number of nitrogens with zero attached hydrogens (tertiary/aromatic N) is 2. The van der Waals surface area contributed by atoms with Crippen LogP contribution in [0.15, 0.2) is 30.3 Å². The lowest BCUT2D eigenvalue weighted by molar-refractivity contribution is -0.185. The van der Waals surface area contributed by atoms with Gasteiger partial charge in [-0.1, -0.05) is 32.0 Å². The Bertz CT molecular complexity index is 1030. The molecule has 10 atom stereocenters. The highest BCUT2D eigenvalue weighted by atomic mass is 16.5. The van der Waals surface area contributed by atoms with E-state index in [1.807, 2.05) is 42.3 Å². The molecule has 1 aromatic rings. The Labute approximate surface area is 230 Å². The van der Waals surface area contributed by atoms with E-state index in [0.717, 1.165) is 37.0 Å². The number of carbonyl (C=O) groups is 2. The van der Waals surface area contributed by atoms with Crippen LogP contribution < -0.4 is 0 Å². The van der Waals surface area contributed by atoms with Crippen LogP contribution in [-0.2, 0) is 9.53 Å². The van der Waals surface area contributed by atoms with Gasteiger partial charge in [0.05, 0.1) is 6.04 Å². The molecule has 4 aliphatic carbocycles. The van der Waals surface area contributed by atoms with Crippen molar-refractivity contribution in [1.82, 2.24) is 9.80 Å². The minimum Gasteiger partial charge on any atom is -0.460 e. The zero-order chi connectivity index (χ0) is 27.4. The third-order valence-corrected chi connectivity index (χ3v) is 12.3. The van der Waals surface area contributed by atoms with Crippen LogP contribution in [-0.4, -0.2) is 61.0 Å². The van der Waals surface area contributed by atoms with E-state index in [4.69, 9.17) is 4.74 Å². The molecule has 210 valence electrons. The number of benzene rings is 1. The molecule has 0 radical (unpaired) electrons. The van der Waals surface area contributed by atoms with E-state index in [2.05, 4.69) is 39.8 Å². The quantitative estimate of drug-likeness (QED) is 0.427. The molecule has 5 nitrogen and oxygen atoms in total. The molecule has 5 heteroatoms. The van der Waals surface area contributed by atoms with E-state index in [1.165, 1.54) is 39.0 Å². The Kier molecular flexibility index (Phi) is 7.47. The summed E-state index contributed by atoms with van der Waals surface area (Å²) in [5.74, 6) is 3.13. The lowest BCUT2D eigenvalue weighted by Gasteiger charge is -2.63. The van der Waals surface area contributed by atoms with Gasteiger partial charge in [0.25, 0.3) is 5.91 Å². The van der Waals surface area contributed by atoms with Gasteiger partial charge in [0.15, 0.2) is 0 Å². The maximum Gasteiger partial charge on any atom is 0.302 e. The standard InChI is InChI=1S/C33H50N2O3/c1-21(34(5)6)25-15-16-26-24-13-14-28-30(38-22(2)36)29(35(7)31(37)23-11-9-8-10-12-23)18-20-33(28,4)27(24)17-19-32(25,26)3/h8-12,21,24-30H,13-20H2,1-7H3/t21?,24?,25?,26?,27?,28?,29?,30-,32-,33-/m1/s1. The maximum atomic E-state index is 13.4. The van der Waals surface area contributed by atoms with Gasteiger partial charge in [-0.05, 0) is 119 Å². The number of likely N-dealkylation sites (N-methyl/N-ethyl adjacent to an activating group) is 1. The highest BCUT2D eigenvalue weighted by Crippen LogP contribution is 2.68. The van der Waals surface area contributed by atoms with Crippen LogP contribution in [0.3, 0.4) is 0 Å². The largest absolute Gasteiger partial charge is 0.460 e. The summed E-state index contributed by atoms with van der Waals surface area (Å²) in [4.78, 5) is 30.1. The van der Waals surface area contributed by atoms with Gasteiger partial charge in [-0.2, -0.15) is 0 Å². The summed E-state index contributed by atoms with van der Waals surface area (Å²) in [7, 11) is 6.39. The molecule has 1 amide bonds. The Morgan fingerprint density at radius 1 is 0.868 bits per heavy atom. The SMILES string of the molecule is CC(=O)O[C@H]1C(N(C)C(=O)c2ccccc2)CC[C@]2(C)C3CC[C@@]4(C)C(CCC4C(C)N(C)C)C3CCC12. The lowest BCUT2D eigenvalue weighted by Crippen LogP contribution is -2.62. The molecule has 7 unspecified atom stereocenters. The Morgan fingerprint density at radius 3 is 2.16 bits per heavy atom. The van der Waals surface area contributed by atoms with Crippen LogP contribution in [0, 0.1) is 40.4 Å². The molecule has 0 spiro atoms. The minimum absolute atomic E-state index is 0.0190. The molecule has 0 aliphatic heterocycles. The minimum atomic E-state index is -0.233. The fourth-order valence-electron chi connectivity index (χ4n) is 10.2. The van der Waals surface area contributed by atoms with Crippen molar-refractivity contribution in [3.8, 4) is 0 Å². The first kappa shape index (κ1) is 27.7. The van der Waals surface area contributed by atoms with Crippen molar-refractivity contribution in [2.24, 2.45) is 40.4 Å². The molecule has 38 heavy (non-hydrogen) atoms. The number of amides is 1. The highest BCUT2D eigenvalue weighted by molar-refractivity contribution is 5.94. The van der Waals surface area contributed by atoms with Gasteiger partial charge in [0.1, 0.15) is 6.10 Å². The number of esters is 1. The van der Waals surface area contributed by atoms with E-state index < -0.39 is 0 Å². The number of carbonyl (C=O) groups excluding carboxylic acids is 2. The second-order valence-corrected chi connectivity index (χ2v) is 14.0. The summed E-state index contributed by atoms with van der Waals surface area (Å²) in [5, 5.41) is 0. The van der Waals surface area contributed by atoms with Crippen LogP contribution >= 0.6 is 0 Å². The second kappa shape index (κ2) is 10.3. The Morgan fingerprint density at radius 2 is 1.50 bits per heavy atom. The number of rotatable bonds is 5. The van der Waals surface area contributed by atoms with Gasteiger partial charge in [-0.15, -0.1) is 0 Å². The van der Waals surface area contributed by atoms with Gasteiger partial charge < -0.3 is 14.5 Å². The van der Waals surface area contributed by atoms with Gasteiger partial charge in [0.2, 0.25) is 0 Å². The summed E-state index contributed by atoms with van der Waals surface area (Å²) in [6.45, 7) is 9.09. The third kappa shape index (κ3) is 4.41. The number of ether oxygens (including phenoxy) is 1. The zero-order valence-electron chi connectivity index (χ0n) is 24.8. The fourth-order valence-corrected chi connectivity index (χ4v) is 10.2. The average molecular weight is 523 g/mol. The molecular weight excluding hydrogens is 472 g/mol. The molecule has 0 heterocycles. The van der Waals surface area contributed by atoms with Crippen LogP contribution in [0.1, 0.15) is 89.4 Å². The number of hydrogen-bond acceptors (Lipinski definition) is 4. The average Bonchev–Trinajstić information content (AvgIpc) is 3.24. The zero-order valence-corrected chi connectivity index (χ0v) is 24.8. The molecule has 5 rings (SSSR count). The van der Waals surface area contributed by atoms with Crippen LogP contribution in [0.25, 0.3) is 0 Å². The Balaban J connectivity index is 1.40. The lowest BCUT2D eigenvalue weighted by atomic mass is 9.44. The number of fused-ring (bicyclic) bond motifs is 5. The van der Waals surface area contributed by atoms with Crippen molar-refractivity contribution in [3.63, 3.8) is 0 Å². The first-order chi connectivity index (χ1) is 18.0. The monoisotopic (exact) mass is 522 g/mol. The van der Waals surface area contributed by atoms with Crippen LogP contribution in [0.2, 0.25) is 0 Å². The molecule has 4 saturated carbocycles. The van der Waals surface area contributed by atoms with Gasteiger partial charge >= 0.3 is 5.97 Å². The topological polar surface area (TPSA) is 49.9 Å². The van der Waals surface area contributed by atoms with Crippen molar-refractivity contribution in [1.29, 1.82) is 0 Å². The molecule has 4 fully saturated rings. The molecule has 4 aliphatic rings. The van der Waals surface area contributed by atoms with Crippen LogP contribution in [0.5, 0.6) is 0 Å². The molecule has 1 aromatic carbocycles. The summed E-state index contributed by atoms with van der Waals surface area (Å²) in [6, 6.07) is 10.1. The normalized spacial score (nSPS) is 41.0. The fraction of sp³-hybridized carbons (Fsp3) is 0.758. The molecule has 0 N–H and O–H groups in total. The van der Waals surface area contributed by atoms with Crippen molar-refractivity contribution < 1.29 is 14.3 Å². The first-order valence-corrected chi connectivity index (χ1v) is 15.1. The van der Waals surface area contributed by atoms with Crippen molar-refractivity contribution in [2.45, 2.75) is 97.2 Å². The van der Waals surface area contributed by atoms with E-state index >= 15 is 0 Å². The third-order valence-electron chi connectivity index (χ3n) is 12.3. The van der Waals surface area contributed by atoms with Crippen molar-refractivity contribution >= 4 is 11.9 Å². The Hall–Kier alpha value is -1.88. The molecule has 0 bridgehead atoms. The summed E-state index contributed by atoms with van der Waals surface area (Å²) in [5.41, 5.74) is 1.29. The van der Waals surface area contributed by atoms with Crippen molar-refractivity contribution in [2.75, 3.05) is 21.1 Å². The highest BCUT2D eigenvalue weighted by Gasteiger charge is 2.63. The summed E-state index contributed by atoms with van der Waals surface area (Å²) >= 11 is 0. The van der Waals surface area contributed by atoms with E-state index in [-0.39, 0.29) is 29.4 Å². The maximum absolute atomic E-state index is 13.4. The summed E-state index contributed by atoms with van der Waals surface area (Å²) < 4.78 is 6.17. The van der Waals surface area contributed by atoms with Gasteiger partial charge in [0, 0.05) is 31.5 Å². The van der Waals surface area contributed by atoms with Crippen molar-refractivity contribution in [3.05, 3.63) is 35.9 Å². The van der Waals surface area contributed by atoms with E-state index in [1.54, 1.807) is 0 Å².